The number of nitrogens with two attached hydrogens (primary N) is 1. The summed E-state index contributed by atoms with van der Waals surface area (Å²) >= 11 is 0. The van der Waals surface area contributed by atoms with Crippen LogP contribution in [-0.2, 0) is 5.54 Å². The molecule has 9 heteroatoms. The topological polar surface area (TPSA) is 119 Å². The quantitative estimate of drug-likeness (QED) is 0.484. The molecule has 0 spiro atoms. The second-order valence-electron chi connectivity index (χ2n) is 7.14. The van der Waals surface area contributed by atoms with E-state index in [1.54, 1.807) is 30.7 Å². The number of nitrogen functional groups attached to an aromatic ring is 1. The highest BCUT2D eigenvalue weighted by molar-refractivity contribution is 5.57. The second kappa shape index (κ2) is 6.38. The zero-order chi connectivity index (χ0) is 19.1. The van der Waals surface area contributed by atoms with Crippen molar-refractivity contribution in [1.82, 2.24) is 24.9 Å². The first-order valence-electron chi connectivity index (χ1n) is 9.26. The highest BCUT2D eigenvalue weighted by Gasteiger charge is 2.40. The first-order valence-corrected chi connectivity index (χ1v) is 9.26. The van der Waals surface area contributed by atoms with Gasteiger partial charge < -0.3 is 25.2 Å². The van der Waals surface area contributed by atoms with E-state index < -0.39 is 5.54 Å². The van der Waals surface area contributed by atoms with Crippen LogP contribution in [0, 0.1) is 0 Å². The SMILES string of the molecule is CC(Nc1cc(N)n2nc(-c3ccco3)nc2n1)(c1ccco1)C1CCCN1. The maximum atomic E-state index is 6.23. The summed E-state index contributed by atoms with van der Waals surface area (Å²) in [5.74, 6) is 3.28. The largest absolute Gasteiger partial charge is 0.467 e. The number of anilines is 2. The van der Waals surface area contributed by atoms with Gasteiger partial charge in [-0.05, 0) is 50.6 Å². The zero-order valence-electron chi connectivity index (χ0n) is 15.4. The molecular weight excluding hydrogens is 358 g/mol. The minimum absolute atomic E-state index is 0.203. The van der Waals surface area contributed by atoms with Crippen molar-refractivity contribution in [1.29, 1.82) is 0 Å². The lowest BCUT2D eigenvalue weighted by atomic mass is 9.88. The van der Waals surface area contributed by atoms with Gasteiger partial charge in [0.15, 0.2) is 5.76 Å². The van der Waals surface area contributed by atoms with Gasteiger partial charge in [0.1, 0.15) is 22.9 Å². The lowest BCUT2D eigenvalue weighted by molar-refractivity contribution is 0.317. The van der Waals surface area contributed by atoms with Gasteiger partial charge in [0.25, 0.3) is 5.78 Å². The Morgan fingerprint density at radius 3 is 2.82 bits per heavy atom. The first kappa shape index (κ1) is 16.8. The fourth-order valence-electron chi connectivity index (χ4n) is 3.80. The van der Waals surface area contributed by atoms with Crippen molar-refractivity contribution in [2.45, 2.75) is 31.3 Å². The smallest absolute Gasteiger partial charge is 0.256 e. The molecule has 5 heterocycles. The molecule has 0 radical (unpaired) electrons. The van der Waals surface area contributed by atoms with E-state index in [0.29, 0.717) is 29.0 Å². The van der Waals surface area contributed by atoms with Crippen molar-refractivity contribution in [2.24, 2.45) is 0 Å². The number of fused-ring (bicyclic) bond motifs is 1. The van der Waals surface area contributed by atoms with Gasteiger partial charge in [-0.25, -0.2) is 0 Å². The molecule has 2 atom stereocenters. The predicted octanol–water partition coefficient (Wildman–Crippen LogP) is 2.64. The molecule has 28 heavy (non-hydrogen) atoms. The van der Waals surface area contributed by atoms with Crippen LogP contribution in [0.5, 0.6) is 0 Å². The summed E-state index contributed by atoms with van der Waals surface area (Å²) < 4.78 is 12.6. The van der Waals surface area contributed by atoms with Crippen molar-refractivity contribution >= 4 is 17.4 Å². The third kappa shape index (κ3) is 2.71. The molecule has 144 valence electrons. The van der Waals surface area contributed by atoms with Crippen molar-refractivity contribution in [3.63, 3.8) is 0 Å². The molecule has 4 aromatic heterocycles. The highest BCUT2D eigenvalue weighted by atomic mass is 16.3. The van der Waals surface area contributed by atoms with Crippen molar-refractivity contribution in [3.8, 4) is 11.6 Å². The number of furan rings is 2. The van der Waals surface area contributed by atoms with Crippen LogP contribution >= 0.6 is 0 Å². The summed E-state index contributed by atoms with van der Waals surface area (Å²) in [7, 11) is 0. The van der Waals surface area contributed by atoms with Crippen LogP contribution in [0.25, 0.3) is 17.4 Å². The fourth-order valence-corrected chi connectivity index (χ4v) is 3.80. The minimum atomic E-state index is -0.484. The molecular formula is C19H21N7O2. The Balaban J connectivity index is 1.54. The Kier molecular flexibility index (Phi) is 3.83. The fraction of sp³-hybridized carbons (Fsp3) is 0.316. The van der Waals surface area contributed by atoms with Gasteiger partial charge in [0, 0.05) is 12.1 Å². The summed E-state index contributed by atoms with van der Waals surface area (Å²) in [5.41, 5.74) is 5.74. The highest BCUT2D eigenvalue weighted by Crippen LogP contribution is 2.34. The first-order chi connectivity index (χ1) is 13.6. The molecule has 1 fully saturated rings. The van der Waals surface area contributed by atoms with Gasteiger partial charge in [-0.2, -0.15) is 14.5 Å². The van der Waals surface area contributed by atoms with Gasteiger partial charge >= 0.3 is 0 Å². The molecule has 4 aromatic rings. The van der Waals surface area contributed by atoms with Crippen LogP contribution in [0.4, 0.5) is 11.6 Å². The molecule has 0 bridgehead atoms. The Bertz CT molecular complexity index is 1080. The average molecular weight is 379 g/mol. The second-order valence-corrected chi connectivity index (χ2v) is 7.14. The minimum Gasteiger partial charge on any atom is -0.467 e. The van der Waals surface area contributed by atoms with Gasteiger partial charge in [-0.3, -0.25) is 0 Å². The summed E-state index contributed by atoms with van der Waals surface area (Å²) in [6, 6.07) is 9.40. The monoisotopic (exact) mass is 379 g/mol. The van der Waals surface area contributed by atoms with Crippen LogP contribution in [0.2, 0.25) is 0 Å². The summed E-state index contributed by atoms with van der Waals surface area (Å²) in [5, 5.41) is 11.5. The standard InChI is InChI=1S/C19H21N7O2/c1-19(13-6-2-8-21-13,14-7-4-10-28-14)24-16-11-15(20)26-18(22-16)23-17(25-26)12-5-3-9-27-12/h3-5,7,9-11,13,21H,2,6,8,20H2,1H3,(H,22,23,24,25). The van der Waals surface area contributed by atoms with E-state index in [1.165, 1.54) is 4.52 Å². The Morgan fingerprint density at radius 1 is 1.25 bits per heavy atom. The molecule has 1 aliphatic rings. The van der Waals surface area contributed by atoms with Crippen LogP contribution in [-0.4, -0.2) is 32.2 Å². The molecule has 5 rings (SSSR count). The molecule has 2 unspecified atom stereocenters. The van der Waals surface area contributed by atoms with Crippen LogP contribution in [0.3, 0.4) is 0 Å². The van der Waals surface area contributed by atoms with E-state index in [1.807, 2.05) is 12.1 Å². The van der Waals surface area contributed by atoms with E-state index in [9.17, 15) is 0 Å². The summed E-state index contributed by atoms with van der Waals surface area (Å²) in [6.45, 7) is 3.09. The summed E-state index contributed by atoms with van der Waals surface area (Å²) in [6.07, 6.45) is 5.42. The average Bonchev–Trinajstić information content (AvgIpc) is 3.50. The van der Waals surface area contributed by atoms with Crippen molar-refractivity contribution < 1.29 is 8.83 Å². The number of hydrogen-bond donors (Lipinski definition) is 3. The number of aromatic nitrogens is 4. The van der Waals surface area contributed by atoms with E-state index in [-0.39, 0.29) is 6.04 Å². The van der Waals surface area contributed by atoms with E-state index in [2.05, 4.69) is 32.6 Å². The van der Waals surface area contributed by atoms with Gasteiger partial charge in [-0.1, -0.05) is 0 Å². The van der Waals surface area contributed by atoms with E-state index in [4.69, 9.17) is 14.6 Å². The van der Waals surface area contributed by atoms with E-state index in [0.717, 1.165) is 25.1 Å². The number of hydrogen-bond acceptors (Lipinski definition) is 8. The third-order valence-electron chi connectivity index (χ3n) is 5.26. The van der Waals surface area contributed by atoms with Crippen LogP contribution in [0.15, 0.2) is 51.7 Å². The Morgan fingerprint density at radius 2 is 2.11 bits per heavy atom. The molecule has 1 saturated heterocycles. The van der Waals surface area contributed by atoms with Gasteiger partial charge in [-0.15, -0.1) is 5.10 Å². The Labute approximate surface area is 161 Å². The molecule has 0 aromatic carbocycles. The zero-order valence-corrected chi connectivity index (χ0v) is 15.4. The molecule has 4 N–H and O–H groups in total. The summed E-state index contributed by atoms with van der Waals surface area (Å²) in [4.78, 5) is 9.07. The lowest BCUT2D eigenvalue weighted by Crippen LogP contribution is -2.48. The molecule has 0 amide bonds. The van der Waals surface area contributed by atoms with E-state index >= 15 is 0 Å². The predicted molar refractivity (Wildman–Crippen MR) is 104 cm³/mol. The maximum absolute atomic E-state index is 6.23. The number of rotatable bonds is 5. The maximum Gasteiger partial charge on any atom is 0.256 e. The van der Waals surface area contributed by atoms with Gasteiger partial charge in [0.05, 0.1) is 12.5 Å². The third-order valence-corrected chi connectivity index (χ3v) is 5.26. The molecule has 1 aliphatic heterocycles. The van der Waals surface area contributed by atoms with Gasteiger partial charge in [0.2, 0.25) is 5.82 Å². The lowest BCUT2D eigenvalue weighted by Gasteiger charge is -2.35. The van der Waals surface area contributed by atoms with Crippen LogP contribution in [0.1, 0.15) is 25.5 Å². The molecule has 0 aliphatic carbocycles. The molecule has 0 saturated carbocycles. The normalized spacial score (nSPS) is 19.1. The number of nitrogens with one attached hydrogen (secondary N) is 2. The number of nitrogens with zero attached hydrogens (tertiary/aromatic N) is 4. The Hall–Kier alpha value is -3.33. The molecule has 9 nitrogen and oxygen atoms in total. The van der Waals surface area contributed by atoms with Crippen molar-refractivity contribution in [3.05, 3.63) is 48.6 Å². The van der Waals surface area contributed by atoms with Crippen molar-refractivity contribution in [2.75, 3.05) is 17.6 Å². The van der Waals surface area contributed by atoms with Crippen LogP contribution < -0.4 is 16.4 Å².